The smallest absolute Gasteiger partial charge is 0.305 e. The molecule has 0 unspecified atom stereocenters. The average molecular weight is 660 g/mol. The molecule has 0 radical (unpaired) electrons. The lowest BCUT2D eigenvalue weighted by atomic mass is 9.78. The number of thiazole rings is 2. The predicted octanol–water partition coefficient (Wildman–Crippen LogP) is 5.44. The van der Waals surface area contributed by atoms with Gasteiger partial charge in [-0.3, -0.25) is 9.59 Å². The lowest BCUT2D eigenvalue weighted by molar-refractivity contribution is -0.0971. The van der Waals surface area contributed by atoms with Crippen molar-refractivity contribution in [3.8, 4) is 5.75 Å². The van der Waals surface area contributed by atoms with Gasteiger partial charge in [-0.15, -0.1) is 11.3 Å². The number of carbonyl (C=O) groups is 1. The van der Waals surface area contributed by atoms with E-state index in [9.17, 15) is 19.8 Å². The van der Waals surface area contributed by atoms with Crippen molar-refractivity contribution in [1.29, 1.82) is 0 Å². The van der Waals surface area contributed by atoms with Crippen LogP contribution in [-0.4, -0.2) is 88.5 Å². The number of hydrogen-bond acceptors (Lipinski definition) is 10. The molecule has 1 amide bonds. The molecule has 2 aromatic heterocycles. The topological polar surface area (TPSA) is 131 Å². The van der Waals surface area contributed by atoms with Crippen LogP contribution >= 0.6 is 22.7 Å². The minimum Gasteiger partial charge on any atom is -0.506 e. The number of aliphatic hydroxyl groups is 1. The Kier molecular flexibility index (Phi) is 12.1. The van der Waals surface area contributed by atoms with Crippen LogP contribution in [0.3, 0.4) is 0 Å². The number of unbranched alkanes of at least 4 members (excludes halogenated alkanes) is 6. The standard InChI is InChI=1S/C33H49N5O5S2/c1-23(2)30-35-25(19-44-30)31(41)38-20-33(21-43-22-38)12-16-37(17-13-33)15-9-7-5-3-4-6-8-14-34-18-27(40)24-10-11-26(39)28-29(24)45-32(42)36-28/h10-11,19,23,27,34,39-40H,3-9,12-18,20-22H2,1-2H3,(H,36,42)/t27-/m0/s1. The molecule has 4 heterocycles. The van der Waals surface area contributed by atoms with Gasteiger partial charge in [-0.2, -0.15) is 0 Å². The third-order valence-corrected chi connectivity index (χ3v) is 11.3. The molecule has 2 aliphatic rings. The number of H-pyrrole nitrogens is 1. The number of nitrogens with one attached hydrogen (secondary N) is 2. The molecule has 1 spiro atoms. The molecule has 2 saturated heterocycles. The van der Waals surface area contributed by atoms with Gasteiger partial charge < -0.3 is 35.1 Å². The number of piperidine rings is 1. The Bertz CT molecular complexity index is 1440. The van der Waals surface area contributed by atoms with Crippen molar-refractivity contribution in [2.24, 2.45) is 5.41 Å². The van der Waals surface area contributed by atoms with Crippen LogP contribution < -0.4 is 10.2 Å². The summed E-state index contributed by atoms with van der Waals surface area (Å²) in [6.45, 7) is 10.6. The van der Waals surface area contributed by atoms with Crippen LogP contribution in [0.25, 0.3) is 10.2 Å². The average Bonchev–Trinajstić information content (AvgIpc) is 3.68. The highest BCUT2D eigenvalue weighted by molar-refractivity contribution is 7.16. The zero-order valence-electron chi connectivity index (χ0n) is 26.7. The summed E-state index contributed by atoms with van der Waals surface area (Å²) in [6, 6.07) is 3.20. The number of hydrogen-bond donors (Lipinski definition) is 4. The minimum absolute atomic E-state index is 0.000169. The van der Waals surface area contributed by atoms with Crippen molar-refractivity contribution in [1.82, 2.24) is 25.1 Å². The Balaban J connectivity index is 0.891. The quantitative estimate of drug-likeness (QED) is 0.159. The number of aromatic hydroxyl groups is 1. The molecule has 0 aliphatic carbocycles. The number of ether oxygens (including phenoxy) is 1. The highest BCUT2D eigenvalue weighted by atomic mass is 32.1. The number of aromatic amines is 1. The second-order valence-corrected chi connectivity index (χ2v) is 15.0. The van der Waals surface area contributed by atoms with Gasteiger partial charge in [0.25, 0.3) is 5.91 Å². The molecule has 45 heavy (non-hydrogen) atoms. The number of nitrogens with zero attached hydrogens (tertiary/aromatic N) is 3. The number of rotatable bonds is 15. The highest BCUT2D eigenvalue weighted by Crippen LogP contribution is 2.36. The van der Waals surface area contributed by atoms with Gasteiger partial charge in [-0.25, -0.2) is 4.98 Å². The van der Waals surface area contributed by atoms with Crippen LogP contribution in [0.15, 0.2) is 22.3 Å². The van der Waals surface area contributed by atoms with E-state index in [1.807, 2.05) is 10.3 Å². The van der Waals surface area contributed by atoms with Crippen molar-refractivity contribution in [2.75, 3.05) is 52.6 Å². The molecule has 248 valence electrons. The van der Waals surface area contributed by atoms with Crippen molar-refractivity contribution < 1.29 is 19.7 Å². The number of likely N-dealkylation sites (tertiary alicyclic amines) is 1. The molecule has 0 bridgehead atoms. The lowest BCUT2D eigenvalue weighted by Gasteiger charge is -2.47. The number of amides is 1. The van der Waals surface area contributed by atoms with Gasteiger partial charge in [0.1, 0.15) is 23.7 Å². The lowest BCUT2D eigenvalue weighted by Crippen LogP contribution is -2.54. The summed E-state index contributed by atoms with van der Waals surface area (Å²) < 4.78 is 6.57. The third-order valence-electron chi connectivity index (χ3n) is 9.23. The van der Waals surface area contributed by atoms with Crippen LogP contribution in [0.1, 0.15) is 105 Å². The zero-order valence-corrected chi connectivity index (χ0v) is 28.3. The van der Waals surface area contributed by atoms with E-state index >= 15 is 0 Å². The summed E-state index contributed by atoms with van der Waals surface area (Å²) in [6.07, 6.45) is 9.89. The van der Waals surface area contributed by atoms with E-state index in [1.54, 1.807) is 17.4 Å². The van der Waals surface area contributed by atoms with E-state index in [1.165, 1.54) is 44.6 Å². The maximum Gasteiger partial charge on any atom is 0.305 e. The maximum atomic E-state index is 13.1. The fraction of sp³-hybridized carbons (Fsp3) is 0.667. The van der Waals surface area contributed by atoms with Gasteiger partial charge in [-0.1, -0.05) is 63.4 Å². The van der Waals surface area contributed by atoms with Gasteiger partial charge >= 0.3 is 4.87 Å². The first-order valence-corrected chi connectivity index (χ1v) is 18.2. The summed E-state index contributed by atoms with van der Waals surface area (Å²) in [5.74, 6) is 0.357. The molecule has 10 nitrogen and oxygen atoms in total. The van der Waals surface area contributed by atoms with Crippen molar-refractivity contribution in [3.05, 3.63) is 43.4 Å². The number of carbonyl (C=O) groups excluding carboxylic acids is 1. The zero-order chi connectivity index (χ0) is 31.8. The molecule has 4 N–H and O–H groups in total. The van der Waals surface area contributed by atoms with E-state index < -0.39 is 6.10 Å². The van der Waals surface area contributed by atoms with Crippen LogP contribution in [0.5, 0.6) is 5.75 Å². The number of aliphatic hydroxyl groups excluding tert-OH is 1. The number of benzene rings is 1. The first-order chi connectivity index (χ1) is 21.7. The van der Waals surface area contributed by atoms with Crippen molar-refractivity contribution in [3.63, 3.8) is 0 Å². The van der Waals surface area contributed by atoms with Crippen LogP contribution in [0, 0.1) is 5.41 Å². The molecule has 12 heteroatoms. The fourth-order valence-electron chi connectivity index (χ4n) is 6.49. The largest absolute Gasteiger partial charge is 0.506 e. The van der Waals surface area contributed by atoms with Crippen LogP contribution in [0.4, 0.5) is 0 Å². The van der Waals surface area contributed by atoms with Crippen molar-refractivity contribution in [2.45, 2.75) is 83.7 Å². The summed E-state index contributed by atoms with van der Waals surface area (Å²) in [5.41, 5.74) is 1.68. The number of phenols is 1. The molecule has 5 rings (SSSR count). The minimum atomic E-state index is -0.730. The second-order valence-electron chi connectivity index (χ2n) is 13.1. The van der Waals surface area contributed by atoms with E-state index in [4.69, 9.17) is 4.74 Å². The summed E-state index contributed by atoms with van der Waals surface area (Å²) in [5, 5.41) is 26.8. The second kappa shape index (κ2) is 16.0. The Hall–Kier alpha value is -2.35. The molecule has 1 atom stereocenters. The first kappa shape index (κ1) is 34.0. The Morgan fingerprint density at radius 2 is 1.87 bits per heavy atom. The van der Waals surface area contributed by atoms with E-state index in [0.717, 1.165) is 74.9 Å². The highest BCUT2D eigenvalue weighted by Gasteiger charge is 2.41. The summed E-state index contributed by atoms with van der Waals surface area (Å²) in [4.78, 5) is 36.2. The van der Waals surface area contributed by atoms with Gasteiger partial charge in [-0.05, 0) is 57.9 Å². The normalized spacial score (nSPS) is 17.9. The Morgan fingerprint density at radius 1 is 1.13 bits per heavy atom. The van der Waals surface area contributed by atoms with Gasteiger partial charge in [0.15, 0.2) is 0 Å². The van der Waals surface area contributed by atoms with Gasteiger partial charge in [0, 0.05) is 35.4 Å². The molecule has 1 aromatic carbocycles. The van der Waals surface area contributed by atoms with Gasteiger partial charge in [0.2, 0.25) is 0 Å². The van der Waals surface area contributed by atoms with Crippen LogP contribution in [0.2, 0.25) is 0 Å². The third kappa shape index (κ3) is 8.93. The summed E-state index contributed by atoms with van der Waals surface area (Å²) in [7, 11) is 0. The predicted molar refractivity (Wildman–Crippen MR) is 180 cm³/mol. The fourth-order valence-corrected chi connectivity index (χ4v) is 8.21. The molecule has 0 saturated carbocycles. The molecule has 3 aromatic rings. The monoisotopic (exact) mass is 659 g/mol. The molecular weight excluding hydrogens is 611 g/mol. The Morgan fingerprint density at radius 3 is 2.60 bits per heavy atom. The molecule has 2 aliphatic heterocycles. The summed E-state index contributed by atoms with van der Waals surface area (Å²) >= 11 is 2.58. The van der Waals surface area contributed by atoms with E-state index in [0.29, 0.717) is 40.7 Å². The van der Waals surface area contributed by atoms with Crippen LogP contribution in [-0.2, 0) is 4.74 Å². The maximum absolute atomic E-state index is 13.1. The first-order valence-electron chi connectivity index (χ1n) is 16.5. The van der Waals surface area contributed by atoms with E-state index in [-0.39, 0.29) is 21.9 Å². The Labute approximate surface area is 273 Å². The van der Waals surface area contributed by atoms with Crippen molar-refractivity contribution >= 4 is 38.8 Å². The SMILES string of the molecule is CC(C)c1nc(C(=O)N2COCC3(CCN(CCCCCCCCCNC[C@H](O)c4ccc(O)c5[nH]c(=O)sc45)CC3)C2)cs1. The van der Waals surface area contributed by atoms with Gasteiger partial charge in [0.05, 0.1) is 22.4 Å². The molecule has 2 fully saturated rings. The number of phenolic OH excluding ortho intramolecular Hbond substituents is 1. The molecular formula is C33H49N5O5S2. The van der Waals surface area contributed by atoms with E-state index in [2.05, 4.69) is 34.0 Å². The number of aromatic nitrogens is 2. The number of fused-ring (bicyclic) bond motifs is 1.